The van der Waals surface area contributed by atoms with Crippen LogP contribution < -0.4 is 0 Å². The molecule has 0 heterocycles. The number of carbonyl (C=O) groups excluding carboxylic acids is 1. The van der Waals surface area contributed by atoms with Gasteiger partial charge in [-0.2, -0.15) is 0 Å². The Hall–Kier alpha value is -2.37. The van der Waals surface area contributed by atoms with Gasteiger partial charge in [-0.05, 0) is 24.6 Å². The van der Waals surface area contributed by atoms with Crippen LogP contribution in [0.15, 0.2) is 18.2 Å². The lowest BCUT2D eigenvalue weighted by Gasteiger charge is -2.16. The van der Waals surface area contributed by atoms with Crippen LogP contribution >= 0.6 is 0 Å². The molecule has 0 aliphatic carbocycles. The lowest BCUT2D eigenvalue weighted by molar-refractivity contribution is 0.0696. The third-order valence-electron chi connectivity index (χ3n) is 2.58. The van der Waals surface area contributed by atoms with Gasteiger partial charge in [-0.25, -0.2) is 9.59 Å². The largest absolute Gasteiger partial charge is 0.478 e. The lowest BCUT2D eigenvalue weighted by Crippen LogP contribution is -2.27. The summed E-state index contributed by atoms with van der Waals surface area (Å²) in [5.41, 5.74) is -0.366. The van der Waals surface area contributed by atoms with Crippen LogP contribution in [-0.2, 0) is 0 Å². The van der Waals surface area contributed by atoms with Crippen molar-refractivity contribution in [2.24, 2.45) is 0 Å². The molecule has 0 radical (unpaired) electrons. The van der Waals surface area contributed by atoms with Gasteiger partial charge in [0, 0.05) is 19.2 Å². The molecule has 6 heteroatoms. The number of rotatable bonds is 5. The van der Waals surface area contributed by atoms with Crippen molar-refractivity contribution < 1.29 is 24.6 Å². The zero-order valence-electron chi connectivity index (χ0n) is 10.7. The van der Waals surface area contributed by atoms with Gasteiger partial charge in [-0.15, -0.1) is 0 Å². The summed E-state index contributed by atoms with van der Waals surface area (Å²) in [6, 6.07) is 3.40. The maximum Gasteiger partial charge on any atom is 0.335 e. The molecule has 0 atom stereocenters. The summed E-state index contributed by atoms with van der Waals surface area (Å²) in [6.07, 6.45) is 0.757. The Morgan fingerprint density at radius 2 is 1.42 bits per heavy atom. The molecule has 0 aliphatic rings. The number of nitrogens with zero attached hydrogens (tertiary/aromatic N) is 1. The predicted octanol–water partition coefficient (Wildman–Crippen LogP) is 1.57. The van der Waals surface area contributed by atoms with Crippen molar-refractivity contribution in [3.05, 3.63) is 34.9 Å². The van der Waals surface area contributed by atoms with Crippen LogP contribution in [0.1, 0.15) is 44.4 Å². The molecule has 1 aromatic rings. The second-order valence-electron chi connectivity index (χ2n) is 4.14. The topological polar surface area (TPSA) is 94.9 Å². The minimum absolute atomic E-state index is 0.0632. The van der Waals surface area contributed by atoms with E-state index >= 15 is 0 Å². The number of amides is 1. The van der Waals surface area contributed by atoms with E-state index in [1.54, 1.807) is 7.05 Å². The minimum Gasteiger partial charge on any atom is -0.478 e. The van der Waals surface area contributed by atoms with Gasteiger partial charge in [0.25, 0.3) is 5.91 Å². The number of hydrogen-bond acceptors (Lipinski definition) is 3. The summed E-state index contributed by atoms with van der Waals surface area (Å²) in [5, 5.41) is 17.8. The summed E-state index contributed by atoms with van der Waals surface area (Å²) in [7, 11) is 1.58. The van der Waals surface area contributed by atoms with Crippen LogP contribution in [0, 0.1) is 0 Å². The highest BCUT2D eigenvalue weighted by Crippen LogP contribution is 2.13. The molecule has 0 spiro atoms. The highest BCUT2D eigenvalue weighted by molar-refractivity contribution is 6.01. The monoisotopic (exact) mass is 265 g/mol. The average molecular weight is 265 g/mol. The fourth-order valence-electron chi connectivity index (χ4n) is 1.66. The van der Waals surface area contributed by atoms with Gasteiger partial charge in [0.1, 0.15) is 0 Å². The van der Waals surface area contributed by atoms with Crippen molar-refractivity contribution in [1.82, 2.24) is 4.90 Å². The zero-order chi connectivity index (χ0) is 14.6. The van der Waals surface area contributed by atoms with Gasteiger partial charge >= 0.3 is 11.9 Å². The van der Waals surface area contributed by atoms with E-state index in [2.05, 4.69) is 0 Å². The van der Waals surface area contributed by atoms with Crippen LogP contribution in [0.25, 0.3) is 0 Å². The molecule has 19 heavy (non-hydrogen) atoms. The van der Waals surface area contributed by atoms with Crippen LogP contribution in [0.3, 0.4) is 0 Å². The second-order valence-corrected chi connectivity index (χ2v) is 4.14. The minimum atomic E-state index is -1.27. The quantitative estimate of drug-likeness (QED) is 0.842. The fraction of sp³-hybridized carbons (Fsp3) is 0.308. The Morgan fingerprint density at radius 3 is 1.79 bits per heavy atom. The molecule has 0 bridgehead atoms. The first-order chi connectivity index (χ1) is 8.86. The van der Waals surface area contributed by atoms with Crippen molar-refractivity contribution in [2.45, 2.75) is 13.3 Å². The van der Waals surface area contributed by atoms with Crippen LogP contribution in [-0.4, -0.2) is 46.6 Å². The van der Waals surface area contributed by atoms with Crippen molar-refractivity contribution in [1.29, 1.82) is 0 Å². The van der Waals surface area contributed by atoms with Gasteiger partial charge in [0.15, 0.2) is 0 Å². The Bertz CT molecular complexity index is 492. The van der Waals surface area contributed by atoms with E-state index in [9.17, 15) is 14.4 Å². The molecule has 0 unspecified atom stereocenters. The highest BCUT2D eigenvalue weighted by atomic mass is 16.4. The fourth-order valence-corrected chi connectivity index (χ4v) is 1.66. The highest BCUT2D eigenvalue weighted by Gasteiger charge is 2.17. The second kappa shape index (κ2) is 5.99. The van der Waals surface area contributed by atoms with E-state index in [1.807, 2.05) is 6.92 Å². The molecule has 0 fully saturated rings. The molecule has 6 nitrogen and oxygen atoms in total. The first-order valence-electron chi connectivity index (χ1n) is 5.74. The molecule has 1 aromatic carbocycles. The van der Waals surface area contributed by atoms with E-state index in [1.165, 1.54) is 17.0 Å². The van der Waals surface area contributed by atoms with Crippen molar-refractivity contribution in [3.63, 3.8) is 0 Å². The average Bonchev–Trinajstić information content (AvgIpc) is 2.37. The Labute approximate surface area is 110 Å². The number of benzene rings is 1. The Morgan fingerprint density at radius 1 is 1.00 bits per heavy atom. The summed E-state index contributed by atoms with van der Waals surface area (Å²) in [4.78, 5) is 35.3. The number of carboxylic acid groups (broad SMARTS) is 2. The summed E-state index contributed by atoms with van der Waals surface area (Å²) < 4.78 is 0. The molecular formula is C13H15NO5. The van der Waals surface area contributed by atoms with Gasteiger partial charge < -0.3 is 15.1 Å². The molecule has 0 saturated carbocycles. The number of hydrogen-bond donors (Lipinski definition) is 2. The van der Waals surface area contributed by atoms with E-state index in [-0.39, 0.29) is 16.7 Å². The van der Waals surface area contributed by atoms with Crippen molar-refractivity contribution in [3.8, 4) is 0 Å². The number of carbonyl (C=O) groups is 3. The molecule has 102 valence electrons. The summed E-state index contributed by atoms with van der Waals surface area (Å²) in [5.74, 6) is -2.93. The smallest absolute Gasteiger partial charge is 0.335 e. The molecule has 0 aliphatic heterocycles. The predicted molar refractivity (Wildman–Crippen MR) is 67.6 cm³/mol. The maximum atomic E-state index is 12.0. The van der Waals surface area contributed by atoms with Gasteiger partial charge in [0.2, 0.25) is 0 Å². The normalized spacial score (nSPS) is 10.0. The van der Waals surface area contributed by atoms with Gasteiger partial charge in [0.05, 0.1) is 11.1 Å². The van der Waals surface area contributed by atoms with Crippen molar-refractivity contribution in [2.75, 3.05) is 13.6 Å². The molecule has 1 amide bonds. The SMILES string of the molecule is CCCN(C)C(=O)c1cc(C(=O)O)cc(C(=O)O)c1. The van der Waals surface area contributed by atoms with E-state index < -0.39 is 17.8 Å². The Balaban J connectivity index is 3.23. The molecule has 0 saturated heterocycles. The summed E-state index contributed by atoms with van der Waals surface area (Å²) in [6.45, 7) is 2.42. The maximum absolute atomic E-state index is 12.0. The zero-order valence-corrected chi connectivity index (χ0v) is 10.7. The first-order valence-corrected chi connectivity index (χ1v) is 5.74. The van der Waals surface area contributed by atoms with Crippen molar-refractivity contribution >= 4 is 17.8 Å². The summed E-state index contributed by atoms with van der Waals surface area (Å²) >= 11 is 0. The lowest BCUT2D eigenvalue weighted by atomic mass is 10.0. The van der Waals surface area contributed by atoms with Crippen LogP contribution in [0.2, 0.25) is 0 Å². The van der Waals surface area contributed by atoms with E-state index in [4.69, 9.17) is 10.2 Å². The number of aromatic carboxylic acids is 2. The van der Waals surface area contributed by atoms with Crippen LogP contribution in [0.5, 0.6) is 0 Å². The third kappa shape index (κ3) is 3.54. The van der Waals surface area contributed by atoms with E-state index in [0.717, 1.165) is 12.5 Å². The van der Waals surface area contributed by atoms with Gasteiger partial charge in [-0.3, -0.25) is 4.79 Å². The molecule has 0 aromatic heterocycles. The molecule has 2 N–H and O–H groups in total. The van der Waals surface area contributed by atoms with Crippen LogP contribution in [0.4, 0.5) is 0 Å². The standard InChI is InChI=1S/C13H15NO5/c1-3-4-14(2)11(15)8-5-9(12(16)17)7-10(6-8)13(18)19/h5-7H,3-4H2,1-2H3,(H,16,17)(H,18,19). The van der Waals surface area contributed by atoms with Gasteiger partial charge in [-0.1, -0.05) is 6.92 Å². The number of carboxylic acids is 2. The molecule has 1 rings (SSSR count). The third-order valence-corrected chi connectivity index (χ3v) is 2.58. The first kappa shape index (κ1) is 14.7. The molecular weight excluding hydrogens is 250 g/mol. The Kier molecular flexibility index (Phi) is 4.63. The van der Waals surface area contributed by atoms with E-state index in [0.29, 0.717) is 6.54 Å².